The summed E-state index contributed by atoms with van der Waals surface area (Å²) < 4.78 is 4.52. The third-order valence-electron chi connectivity index (χ3n) is 2.68. The van der Waals surface area contributed by atoms with E-state index in [2.05, 4.69) is 9.79 Å². The van der Waals surface area contributed by atoms with E-state index >= 15 is 0 Å². The maximum absolute atomic E-state index is 11.1. The molecule has 0 bridgehead atoms. The molecule has 0 fully saturated rings. The van der Waals surface area contributed by atoms with Gasteiger partial charge in [0, 0.05) is 11.2 Å². The van der Waals surface area contributed by atoms with E-state index in [0.717, 1.165) is 11.1 Å². The highest BCUT2D eigenvalue weighted by Crippen LogP contribution is 2.13. The Labute approximate surface area is 103 Å². The Morgan fingerprint density at radius 1 is 1.00 bits per heavy atom. The number of fused-ring (bicyclic) bond motifs is 1. The molecule has 0 aliphatic carbocycles. The van der Waals surface area contributed by atoms with Gasteiger partial charge in [0.2, 0.25) is 11.0 Å². The molecule has 2 aromatic carbocycles. The SMILES string of the molecule is [O-][n+]1onc2cc(/C=C\c3ccccc3)ccc21. The highest BCUT2D eigenvalue weighted by Gasteiger charge is 2.07. The molecule has 0 aliphatic rings. The lowest BCUT2D eigenvalue weighted by molar-refractivity contribution is -0.782. The second-order valence-electron chi connectivity index (χ2n) is 3.92. The molecule has 3 rings (SSSR count). The Bertz CT molecular complexity index is 702. The lowest BCUT2D eigenvalue weighted by Crippen LogP contribution is -2.22. The summed E-state index contributed by atoms with van der Waals surface area (Å²) in [5.74, 6) is 0. The Morgan fingerprint density at radius 3 is 2.61 bits per heavy atom. The molecule has 0 atom stereocenters. The maximum atomic E-state index is 11.1. The first-order valence-corrected chi connectivity index (χ1v) is 5.55. The number of nitrogens with zero attached hydrogens (tertiary/aromatic N) is 2. The zero-order valence-electron chi connectivity index (χ0n) is 9.48. The number of rotatable bonds is 2. The van der Waals surface area contributed by atoms with Gasteiger partial charge in [0.15, 0.2) is 0 Å². The minimum Gasteiger partial charge on any atom is -0.359 e. The topological polar surface area (TPSA) is 53.0 Å². The molecule has 1 aromatic heterocycles. The van der Waals surface area contributed by atoms with Crippen molar-refractivity contribution in [1.82, 2.24) is 5.16 Å². The molecule has 0 radical (unpaired) electrons. The maximum Gasteiger partial charge on any atom is 0.249 e. The van der Waals surface area contributed by atoms with Crippen LogP contribution in [0.3, 0.4) is 0 Å². The van der Waals surface area contributed by atoms with Crippen LogP contribution in [0.2, 0.25) is 0 Å². The summed E-state index contributed by atoms with van der Waals surface area (Å²) in [6.45, 7) is 0. The first-order valence-electron chi connectivity index (χ1n) is 5.55. The highest BCUT2D eigenvalue weighted by molar-refractivity contribution is 5.77. The zero-order valence-corrected chi connectivity index (χ0v) is 9.48. The van der Waals surface area contributed by atoms with Crippen LogP contribution in [0.4, 0.5) is 0 Å². The van der Waals surface area contributed by atoms with E-state index in [1.807, 2.05) is 54.6 Å². The zero-order chi connectivity index (χ0) is 12.4. The first kappa shape index (κ1) is 10.5. The second kappa shape index (κ2) is 4.33. The second-order valence-corrected chi connectivity index (χ2v) is 3.92. The van der Waals surface area contributed by atoms with Crippen LogP contribution in [0, 0.1) is 5.21 Å². The van der Waals surface area contributed by atoms with Gasteiger partial charge in [0.05, 0.1) is 0 Å². The van der Waals surface area contributed by atoms with E-state index in [-0.39, 0.29) is 0 Å². The average molecular weight is 238 g/mol. The van der Waals surface area contributed by atoms with Crippen molar-refractivity contribution >= 4 is 23.2 Å². The molecule has 0 saturated carbocycles. The van der Waals surface area contributed by atoms with Crippen LogP contribution in [-0.4, -0.2) is 5.16 Å². The summed E-state index contributed by atoms with van der Waals surface area (Å²) in [5.41, 5.74) is 3.09. The largest absolute Gasteiger partial charge is 0.359 e. The fourth-order valence-corrected chi connectivity index (χ4v) is 1.75. The normalized spacial score (nSPS) is 11.3. The van der Waals surface area contributed by atoms with Crippen molar-refractivity contribution < 1.29 is 9.53 Å². The van der Waals surface area contributed by atoms with Gasteiger partial charge in [0.25, 0.3) is 0 Å². The monoisotopic (exact) mass is 238 g/mol. The Balaban J connectivity index is 1.93. The summed E-state index contributed by atoms with van der Waals surface area (Å²) in [6, 6.07) is 15.4. The first-order chi connectivity index (χ1) is 8.83. The number of benzene rings is 2. The summed E-state index contributed by atoms with van der Waals surface area (Å²) in [7, 11) is 0. The van der Waals surface area contributed by atoms with Gasteiger partial charge in [-0.2, -0.15) is 0 Å². The molecule has 0 saturated heterocycles. The van der Waals surface area contributed by atoms with E-state index < -0.39 is 0 Å². The summed E-state index contributed by atoms with van der Waals surface area (Å²) >= 11 is 0. The van der Waals surface area contributed by atoms with Gasteiger partial charge >= 0.3 is 0 Å². The van der Waals surface area contributed by atoms with Gasteiger partial charge in [-0.25, -0.2) is 0 Å². The fraction of sp³-hybridized carbons (Fsp3) is 0. The predicted octanol–water partition coefficient (Wildman–Crippen LogP) is 2.63. The van der Waals surface area contributed by atoms with Crippen molar-refractivity contribution in [2.45, 2.75) is 0 Å². The van der Waals surface area contributed by atoms with E-state index in [0.29, 0.717) is 15.9 Å². The van der Waals surface area contributed by atoms with Crippen molar-refractivity contribution in [2.75, 3.05) is 0 Å². The predicted molar refractivity (Wildman–Crippen MR) is 68.3 cm³/mol. The van der Waals surface area contributed by atoms with Crippen molar-refractivity contribution in [3.63, 3.8) is 0 Å². The Kier molecular flexibility index (Phi) is 2.53. The number of hydrogen-bond donors (Lipinski definition) is 0. The minimum atomic E-state index is 0.403. The Hall–Kier alpha value is -2.62. The smallest absolute Gasteiger partial charge is 0.249 e. The minimum absolute atomic E-state index is 0.403. The molecule has 0 amide bonds. The van der Waals surface area contributed by atoms with E-state index in [9.17, 15) is 5.21 Å². The van der Waals surface area contributed by atoms with Crippen LogP contribution < -0.4 is 4.90 Å². The molecule has 88 valence electrons. The third-order valence-corrected chi connectivity index (χ3v) is 2.68. The van der Waals surface area contributed by atoms with Crippen LogP contribution in [0.15, 0.2) is 53.2 Å². The van der Waals surface area contributed by atoms with Crippen LogP contribution in [0.5, 0.6) is 0 Å². The van der Waals surface area contributed by atoms with Crippen molar-refractivity contribution in [2.24, 2.45) is 0 Å². The third kappa shape index (κ3) is 1.96. The van der Waals surface area contributed by atoms with Gasteiger partial charge in [0.1, 0.15) is 0 Å². The molecular weight excluding hydrogens is 228 g/mol. The molecule has 0 unspecified atom stereocenters. The van der Waals surface area contributed by atoms with Crippen LogP contribution in [-0.2, 0) is 0 Å². The van der Waals surface area contributed by atoms with Crippen LogP contribution in [0.25, 0.3) is 23.2 Å². The standard InChI is InChI=1S/C14H10N2O2/c17-16-14-9-8-12(10-13(14)15-18-16)7-6-11-4-2-1-3-5-11/h1-10H/b7-6-. The summed E-state index contributed by atoms with van der Waals surface area (Å²) in [4.78, 5) is 0.403. The summed E-state index contributed by atoms with van der Waals surface area (Å²) in [5, 5.41) is 14.8. The number of aromatic nitrogens is 2. The molecule has 4 heteroatoms. The molecule has 3 aromatic rings. The number of hydrogen-bond acceptors (Lipinski definition) is 3. The van der Waals surface area contributed by atoms with Gasteiger partial charge in [-0.3, -0.25) is 4.63 Å². The van der Waals surface area contributed by atoms with Gasteiger partial charge in [-0.05, 0) is 22.1 Å². The average Bonchev–Trinajstić information content (AvgIpc) is 2.79. The molecule has 0 N–H and O–H groups in total. The molecular formula is C14H10N2O2. The van der Waals surface area contributed by atoms with Gasteiger partial charge < -0.3 is 5.21 Å². The van der Waals surface area contributed by atoms with E-state index in [1.165, 1.54) is 0 Å². The molecule has 0 spiro atoms. The highest BCUT2D eigenvalue weighted by atomic mass is 16.8. The van der Waals surface area contributed by atoms with Crippen LogP contribution >= 0.6 is 0 Å². The molecule has 18 heavy (non-hydrogen) atoms. The van der Waals surface area contributed by atoms with E-state index in [4.69, 9.17) is 0 Å². The molecule has 0 aliphatic heterocycles. The lowest BCUT2D eigenvalue weighted by Gasteiger charge is -1.93. The van der Waals surface area contributed by atoms with E-state index in [1.54, 1.807) is 6.07 Å². The van der Waals surface area contributed by atoms with Crippen molar-refractivity contribution in [1.29, 1.82) is 0 Å². The quantitative estimate of drug-likeness (QED) is 0.509. The molecule has 4 nitrogen and oxygen atoms in total. The van der Waals surface area contributed by atoms with Crippen molar-refractivity contribution in [3.05, 3.63) is 64.9 Å². The molecule has 1 heterocycles. The lowest BCUT2D eigenvalue weighted by atomic mass is 10.1. The van der Waals surface area contributed by atoms with Crippen molar-refractivity contribution in [3.8, 4) is 0 Å². The van der Waals surface area contributed by atoms with Gasteiger partial charge in [-0.15, -0.1) is 0 Å². The fourth-order valence-electron chi connectivity index (χ4n) is 1.75. The Morgan fingerprint density at radius 2 is 1.78 bits per heavy atom. The van der Waals surface area contributed by atoms with Gasteiger partial charge in [-0.1, -0.05) is 48.6 Å². The van der Waals surface area contributed by atoms with Crippen LogP contribution in [0.1, 0.15) is 11.1 Å². The summed E-state index contributed by atoms with van der Waals surface area (Å²) in [6.07, 6.45) is 3.98.